The maximum absolute atomic E-state index is 11.6. The summed E-state index contributed by atoms with van der Waals surface area (Å²) in [4.78, 5) is 0. The number of rotatable bonds is 3. The summed E-state index contributed by atoms with van der Waals surface area (Å²) >= 11 is 0. The number of hydrogen-bond acceptors (Lipinski definition) is 1. The van der Waals surface area contributed by atoms with Gasteiger partial charge in [-0.15, -0.1) is 6.58 Å². The summed E-state index contributed by atoms with van der Waals surface area (Å²) in [6.07, 6.45) is -2.22. The summed E-state index contributed by atoms with van der Waals surface area (Å²) in [6.45, 7) is 5.15. The molecule has 3 heteroatoms. The van der Waals surface area contributed by atoms with Crippen molar-refractivity contribution < 1.29 is 8.78 Å². The normalized spacial score (nSPS) is 13.9. The van der Waals surface area contributed by atoms with Crippen molar-refractivity contribution in [2.45, 2.75) is 25.8 Å². The van der Waals surface area contributed by atoms with Crippen LogP contribution < -0.4 is 5.73 Å². The molecule has 1 nitrogen and oxygen atoms in total. The minimum absolute atomic E-state index is 0.206. The van der Waals surface area contributed by atoms with Crippen LogP contribution in [0.4, 0.5) is 8.78 Å². The second-order valence-electron chi connectivity index (χ2n) is 2.16. The number of alkyl halides is 2. The fraction of sp³-hybridized carbons (Fsp3) is 0.667. The molecule has 54 valence electrons. The smallest absolute Gasteiger partial charge is 0.253 e. The lowest BCUT2D eigenvalue weighted by Gasteiger charge is -2.08. The van der Waals surface area contributed by atoms with Crippen molar-refractivity contribution in [3.05, 3.63) is 12.2 Å². The van der Waals surface area contributed by atoms with Crippen molar-refractivity contribution in [3.8, 4) is 0 Å². The van der Waals surface area contributed by atoms with Crippen LogP contribution in [0.2, 0.25) is 0 Å². The Balaban J connectivity index is 3.50. The largest absolute Gasteiger partial charge is 0.323 e. The van der Waals surface area contributed by atoms with E-state index in [9.17, 15) is 8.78 Å². The van der Waals surface area contributed by atoms with E-state index < -0.39 is 12.5 Å². The average molecular weight is 135 g/mol. The molecule has 9 heavy (non-hydrogen) atoms. The molecule has 0 spiro atoms. The molecule has 0 bridgehead atoms. The van der Waals surface area contributed by atoms with Gasteiger partial charge in [0.2, 0.25) is 0 Å². The van der Waals surface area contributed by atoms with E-state index in [4.69, 9.17) is 5.73 Å². The van der Waals surface area contributed by atoms with Crippen LogP contribution in [0.5, 0.6) is 0 Å². The highest BCUT2D eigenvalue weighted by molar-refractivity contribution is 4.92. The topological polar surface area (TPSA) is 26.0 Å². The third-order valence-electron chi connectivity index (χ3n) is 0.908. The van der Waals surface area contributed by atoms with E-state index >= 15 is 0 Å². The summed E-state index contributed by atoms with van der Waals surface area (Å²) in [5.74, 6) is 0. The fourth-order valence-corrected chi connectivity index (χ4v) is 0.491. The molecule has 0 aliphatic heterocycles. The Hall–Kier alpha value is -0.440. The van der Waals surface area contributed by atoms with Gasteiger partial charge in [-0.1, -0.05) is 5.57 Å². The first-order valence-electron chi connectivity index (χ1n) is 2.72. The summed E-state index contributed by atoms with van der Waals surface area (Å²) < 4.78 is 23.2. The molecule has 0 aliphatic rings. The van der Waals surface area contributed by atoms with E-state index in [1.807, 2.05) is 0 Å². The van der Waals surface area contributed by atoms with E-state index in [0.29, 0.717) is 5.57 Å². The summed E-state index contributed by atoms with van der Waals surface area (Å²) in [5, 5.41) is 0. The monoisotopic (exact) mass is 135 g/mol. The molecule has 0 radical (unpaired) electrons. The summed E-state index contributed by atoms with van der Waals surface area (Å²) in [7, 11) is 0. The van der Waals surface area contributed by atoms with Crippen molar-refractivity contribution in [2.24, 2.45) is 5.73 Å². The van der Waals surface area contributed by atoms with Crippen LogP contribution in [0.15, 0.2) is 12.2 Å². The Morgan fingerprint density at radius 3 is 2.22 bits per heavy atom. The summed E-state index contributed by atoms with van der Waals surface area (Å²) in [5.41, 5.74) is 5.70. The number of nitrogens with two attached hydrogens (primary N) is 1. The third-order valence-corrected chi connectivity index (χ3v) is 0.908. The van der Waals surface area contributed by atoms with Crippen molar-refractivity contribution in [1.29, 1.82) is 0 Å². The molecule has 0 saturated heterocycles. The zero-order valence-electron chi connectivity index (χ0n) is 5.40. The molecule has 0 unspecified atom stereocenters. The van der Waals surface area contributed by atoms with Crippen molar-refractivity contribution in [3.63, 3.8) is 0 Å². The van der Waals surface area contributed by atoms with E-state index in [-0.39, 0.29) is 6.42 Å². The molecular formula is C6H11F2N. The van der Waals surface area contributed by atoms with Crippen LogP contribution in [0.1, 0.15) is 13.3 Å². The molecule has 0 amide bonds. The Bertz CT molecular complexity index is 101. The minimum Gasteiger partial charge on any atom is -0.323 e. The first-order chi connectivity index (χ1) is 4.04. The molecule has 1 atom stereocenters. The maximum Gasteiger partial charge on any atom is 0.253 e. The highest BCUT2D eigenvalue weighted by Gasteiger charge is 2.13. The molecule has 0 aromatic heterocycles. The SMILES string of the molecule is C=C(C)C[C@@H](N)C(F)F. The van der Waals surface area contributed by atoms with Gasteiger partial charge in [0.1, 0.15) is 0 Å². The van der Waals surface area contributed by atoms with Gasteiger partial charge in [0.25, 0.3) is 6.43 Å². The van der Waals surface area contributed by atoms with Gasteiger partial charge in [0.05, 0.1) is 6.04 Å². The minimum atomic E-state index is -2.43. The van der Waals surface area contributed by atoms with Crippen LogP contribution in [0.25, 0.3) is 0 Å². The van der Waals surface area contributed by atoms with Crippen molar-refractivity contribution in [2.75, 3.05) is 0 Å². The fourth-order valence-electron chi connectivity index (χ4n) is 0.491. The van der Waals surface area contributed by atoms with Gasteiger partial charge in [-0.25, -0.2) is 8.78 Å². The molecule has 0 saturated carbocycles. The van der Waals surface area contributed by atoms with Gasteiger partial charge < -0.3 is 5.73 Å². The van der Waals surface area contributed by atoms with Gasteiger partial charge >= 0.3 is 0 Å². The predicted octanol–water partition coefficient (Wildman–Crippen LogP) is 1.54. The molecule has 0 heterocycles. The number of hydrogen-bond donors (Lipinski definition) is 1. The second kappa shape index (κ2) is 3.56. The Morgan fingerprint density at radius 1 is 1.67 bits per heavy atom. The molecule has 0 fully saturated rings. The summed E-state index contributed by atoms with van der Waals surface area (Å²) in [6, 6.07) is -1.04. The predicted molar refractivity (Wildman–Crippen MR) is 33.4 cm³/mol. The molecule has 2 N–H and O–H groups in total. The van der Waals surface area contributed by atoms with Crippen LogP contribution in [0.3, 0.4) is 0 Å². The Morgan fingerprint density at radius 2 is 2.11 bits per heavy atom. The van der Waals surface area contributed by atoms with E-state index in [0.717, 1.165) is 0 Å². The zero-order valence-corrected chi connectivity index (χ0v) is 5.40. The lowest BCUT2D eigenvalue weighted by atomic mass is 10.1. The van der Waals surface area contributed by atoms with Gasteiger partial charge in [0, 0.05) is 0 Å². The van der Waals surface area contributed by atoms with Crippen LogP contribution in [-0.2, 0) is 0 Å². The highest BCUT2D eigenvalue weighted by atomic mass is 19.3. The quantitative estimate of drug-likeness (QED) is 0.584. The highest BCUT2D eigenvalue weighted by Crippen LogP contribution is 2.06. The van der Waals surface area contributed by atoms with Crippen LogP contribution in [0, 0.1) is 0 Å². The van der Waals surface area contributed by atoms with Crippen LogP contribution in [-0.4, -0.2) is 12.5 Å². The maximum atomic E-state index is 11.6. The van der Waals surface area contributed by atoms with E-state index in [1.165, 1.54) is 0 Å². The molecule has 0 rings (SSSR count). The van der Waals surface area contributed by atoms with E-state index in [1.54, 1.807) is 6.92 Å². The first-order valence-corrected chi connectivity index (χ1v) is 2.72. The average Bonchev–Trinajstić information content (AvgIpc) is 1.63. The zero-order chi connectivity index (χ0) is 7.44. The van der Waals surface area contributed by atoms with E-state index in [2.05, 4.69) is 6.58 Å². The Labute approximate surface area is 53.5 Å². The lowest BCUT2D eigenvalue weighted by molar-refractivity contribution is 0.116. The third kappa shape index (κ3) is 4.09. The standard InChI is InChI=1S/C6H11F2N/c1-4(2)3-5(9)6(7)8/h5-6H,1,3,9H2,2H3/t5-/m1/s1. The van der Waals surface area contributed by atoms with Gasteiger partial charge in [-0.05, 0) is 13.3 Å². The number of halogens is 2. The second-order valence-corrected chi connectivity index (χ2v) is 2.16. The molecule has 0 aromatic carbocycles. The molecule has 0 aliphatic carbocycles. The van der Waals surface area contributed by atoms with Crippen molar-refractivity contribution >= 4 is 0 Å². The first kappa shape index (κ1) is 8.56. The van der Waals surface area contributed by atoms with Gasteiger partial charge in [-0.2, -0.15) is 0 Å². The van der Waals surface area contributed by atoms with Gasteiger partial charge in [0.15, 0.2) is 0 Å². The Kier molecular flexibility index (Phi) is 3.39. The lowest BCUT2D eigenvalue weighted by Crippen LogP contribution is -2.28. The van der Waals surface area contributed by atoms with Crippen molar-refractivity contribution in [1.82, 2.24) is 0 Å². The van der Waals surface area contributed by atoms with Gasteiger partial charge in [-0.3, -0.25) is 0 Å². The molecule has 0 aromatic rings. The van der Waals surface area contributed by atoms with Crippen LogP contribution >= 0.6 is 0 Å². The molecular weight excluding hydrogens is 124 g/mol.